The predicted molar refractivity (Wildman–Crippen MR) is 152 cm³/mol. The van der Waals surface area contributed by atoms with E-state index in [1.807, 2.05) is 37.0 Å². The van der Waals surface area contributed by atoms with Crippen molar-refractivity contribution < 1.29 is 9.90 Å². The van der Waals surface area contributed by atoms with E-state index in [9.17, 15) is 9.90 Å². The van der Waals surface area contributed by atoms with Crippen molar-refractivity contribution in [3.05, 3.63) is 59.0 Å². The molecule has 1 aromatic carbocycles. The lowest BCUT2D eigenvalue weighted by atomic mass is 10.0. The zero-order valence-corrected chi connectivity index (χ0v) is 22.9. The molecule has 0 unspecified atom stereocenters. The van der Waals surface area contributed by atoms with Crippen LogP contribution in [0.1, 0.15) is 65.8 Å². The predicted octanol–water partition coefficient (Wildman–Crippen LogP) is 4.47. The molecule has 2 aliphatic heterocycles. The molecule has 0 aliphatic carbocycles. The van der Waals surface area contributed by atoms with E-state index in [0.29, 0.717) is 11.5 Å². The number of rotatable bonds is 2. The number of anilines is 1. The molecule has 0 spiro atoms. The number of nitrogens with zero attached hydrogens (tertiary/aromatic N) is 6. The van der Waals surface area contributed by atoms with Crippen LogP contribution in [0.3, 0.4) is 0 Å². The van der Waals surface area contributed by atoms with Crippen molar-refractivity contribution in [2.24, 2.45) is 7.05 Å². The van der Waals surface area contributed by atoms with Crippen molar-refractivity contribution in [1.82, 2.24) is 29.2 Å². The Morgan fingerprint density at radius 2 is 1.85 bits per heavy atom. The van der Waals surface area contributed by atoms with E-state index in [-0.39, 0.29) is 12.0 Å². The number of hydrogen-bond acceptors (Lipinski definition) is 6. The molecule has 2 bridgehead atoms. The van der Waals surface area contributed by atoms with Gasteiger partial charge in [0.2, 0.25) is 5.95 Å². The molecule has 204 valence electrons. The number of aromatic nitrogens is 5. The number of carbonyl (C=O) groups is 1. The largest absolute Gasteiger partial charge is 0.393 e. The molecule has 2 N–H and O–H groups in total. The number of hydrogen-bond donors (Lipinski definition) is 2. The molecular weight excluding hydrogens is 490 g/mol. The van der Waals surface area contributed by atoms with Crippen molar-refractivity contribution in [2.45, 2.75) is 71.1 Å². The van der Waals surface area contributed by atoms with Crippen LogP contribution in [0.5, 0.6) is 0 Å². The molecule has 4 aromatic rings. The number of imidazole rings is 1. The minimum Gasteiger partial charge on any atom is -0.393 e. The summed E-state index contributed by atoms with van der Waals surface area (Å²) in [5, 5.41) is 17.5. The topological polar surface area (TPSA) is 101 Å². The van der Waals surface area contributed by atoms with E-state index in [1.165, 1.54) is 5.56 Å². The first kappa shape index (κ1) is 25.7. The van der Waals surface area contributed by atoms with E-state index < -0.39 is 0 Å². The maximum atomic E-state index is 13.5. The highest BCUT2D eigenvalue weighted by atomic mass is 16.3. The number of piperidine rings is 1. The Labute approximate surface area is 228 Å². The smallest absolute Gasteiger partial charge is 0.258 e. The van der Waals surface area contributed by atoms with Crippen LogP contribution in [-0.4, -0.2) is 59.4 Å². The van der Waals surface area contributed by atoms with Crippen molar-refractivity contribution in [3.8, 4) is 11.3 Å². The molecule has 0 saturated carbocycles. The van der Waals surface area contributed by atoms with E-state index in [0.717, 1.165) is 105 Å². The third-order valence-electron chi connectivity index (χ3n) is 8.10. The molecule has 0 atom stereocenters. The van der Waals surface area contributed by atoms with Crippen LogP contribution in [0.15, 0.2) is 36.5 Å². The molecule has 9 nitrogen and oxygen atoms in total. The second-order valence-electron chi connectivity index (χ2n) is 11.0. The third-order valence-corrected chi connectivity index (χ3v) is 8.10. The molecule has 39 heavy (non-hydrogen) atoms. The number of pyridine rings is 1. The van der Waals surface area contributed by atoms with E-state index in [2.05, 4.69) is 38.1 Å². The summed E-state index contributed by atoms with van der Waals surface area (Å²) in [4.78, 5) is 25.5. The van der Waals surface area contributed by atoms with Gasteiger partial charge in [-0.25, -0.2) is 4.98 Å². The van der Waals surface area contributed by atoms with Gasteiger partial charge >= 0.3 is 0 Å². The van der Waals surface area contributed by atoms with Crippen LogP contribution in [0.2, 0.25) is 0 Å². The Morgan fingerprint density at radius 3 is 2.69 bits per heavy atom. The van der Waals surface area contributed by atoms with Gasteiger partial charge in [-0.05, 0) is 68.9 Å². The lowest BCUT2D eigenvalue weighted by Crippen LogP contribution is -2.35. The summed E-state index contributed by atoms with van der Waals surface area (Å²) in [5.41, 5.74) is 7.45. The molecular formula is C30H37N7O2. The number of aliphatic hydroxyl groups excluding tert-OH is 1. The molecule has 1 amide bonds. The standard InChI is InChI=1S/C30H37N7O2/c1-20-15-22-17-26(32-20)24-18-31-35(2)27(24)7-5-3-4-6-12-37-28-16-21(19-36-13-10-23(38)11-14-36)8-9-25(28)33-30(37)34-29(22)39/h8-9,15-18,23,38H,3-7,10-14,19H2,1-2H3,(H,33,34,39). The Hall–Kier alpha value is -3.56. The average Bonchev–Trinajstić information content (AvgIpc) is 3.45. The second-order valence-corrected chi connectivity index (χ2v) is 11.0. The first-order valence-corrected chi connectivity index (χ1v) is 14.2. The fraction of sp³-hybridized carbons (Fsp3) is 0.467. The quantitative estimate of drug-likeness (QED) is 0.399. The summed E-state index contributed by atoms with van der Waals surface area (Å²) in [7, 11) is 1.98. The maximum Gasteiger partial charge on any atom is 0.258 e. The Morgan fingerprint density at radius 1 is 1.03 bits per heavy atom. The minimum absolute atomic E-state index is 0.174. The molecule has 9 heteroatoms. The normalized spacial score (nSPS) is 17.8. The number of aryl methyl sites for hydroxylation is 3. The zero-order chi connectivity index (χ0) is 26.9. The SMILES string of the molecule is Cc1cc2cc(n1)-c1cnn(C)c1CCCCCCn1c(nc3ccc(CN4CCC(O)CC4)cc31)NC2=O. The Balaban J connectivity index is 1.34. The average molecular weight is 528 g/mol. The van der Waals surface area contributed by atoms with E-state index in [1.54, 1.807) is 0 Å². The third kappa shape index (κ3) is 5.46. The van der Waals surface area contributed by atoms with Gasteiger partial charge in [0.05, 0.1) is 29.0 Å². The summed E-state index contributed by atoms with van der Waals surface area (Å²) in [6.07, 6.45) is 8.58. The molecule has 0 radical (unpaired) electrons. The van der Waals surface area contributed by atoms with Gasteiger partial charge in [0.25, 0.3) is 5.91 Å². The molecule has 6 rings (SSSR count). The van der Waals surface area contributed by atoms with Crippen molar-refractivity contribution in [1.29, 1.82) is 0 Å². The summed E-state index contributed by atoms with van der Waals surface area (Å²) in [5.74, 6) is 0.395. The van der Waals surface area contributed by atoms with Crippen molar-refractivity contribution in [2.75, 3.05) is 18.4 Å². The number of aliphatic hydroxyl groups is 1. The number of nitrogens with one attached hydrogen (secondary N) is 1. The number of fused-ring (bicyclic) bond motifs is 7. The van der Waals surface area contributed by atoms with Crippen LogP contribution >= 0.6 is 0 Å². The van der Waals surface area contributed by atoms with Crippen molar-refractivity contribution >= 4 is 22.9 Å². The molecule has 3 aromatic heterocycles. The van der Waals surface area contributed by atoms with Gasteiger partial charge in [0, 0.05) is 55.7 Å². The highest BCUT2D eigenvalue weighted by Crippen LogP contribution is 2.28. The maximum absolute atomic E-state index is 13.5. The number of likely N-dealkylation sites (tertiary alicyclic amines) is 1. The fourth-order valence-corrected chi connectivity index (χ4v) is 5.92. The van der Waals surface area contributed by atoms with Gasteiger partial charge in [0.1, 0.15) is 0 Å². The van der Waals surface area contributed by atoms with Gasteiger partial charge in [-0.15, -0.1) is 0 Å². The Kier molecular flexibility index (Phi) is 7.18. The van der Waals surface area contributed by atoms with Gasteiger partial charge in [-0.1, -0.05) is 18.9 Å². The summed E-state index contributed by atoms with van der Waals surface area (Å²) in [6.45, 7) is 5.39. The molecule has 1 fully saturated rings. The van der Waals surface area contributed by atoms with E-state index in [4.69, 9.17) is 9.97 Å². The lowest BCUT2D eigenvalue weighted by molar-refractivity contribution is 0.0792. The summed E-state index contributed by atoms with van der Waals surface area (Å²) in [6, 6.07) is 10.1. The van der Waals surface area contributed by atoms with Crippen LogP contribution in [0, 0.1) is 6.92 Å². The Bertz CT molecular complexity index is 1500. The molecule has 5 heterocycles. The van der Waals surface area contributed by atoms with Crippen molar-refractivity contribution in [3.63, 3.8) is 0 Å². The van der Waals surface area contributed by atoms with Gasteiger partial charge in [0.15, 0.2) is 0 Å². The molecule has 1 saturated heterocycles. The van der Waals surface area contributed by atoms with Crippen LogP contribution in [0.4, 0.5) is 5.95 Å². The van der Waals surface area contributed by atoms with E-state index >= 15 is 0 Å². The number of benzene rings is 1. The number of amides is 1. The summed E-state index contributed by atoms with van der Waals surface area (Å²) < 4.78 is 4.10. The van der Waals surface area contributed by atoms with Crippen LogP contribution < -0.4 is 5.32 Å². The zero-order valence-electron chi connectivity index (χ0n) is 22.9. The minimum atomic E-state index is -0.189. The highest BCUT2D eigenvalue weighted by molar-refractivity contribution is 6.04. The molecule has 2 aliphatic rings. The van der Waals surface area contributed by atoms with Crippen LogP contribution in [0.25, 0.3) is 22.3 Å². The monoisotopic (exact) mass is 527 g/mol. The first-order valence-electron chi connectivity index (χ1n) is 14.2. The second kappa shape index (κ2) is 10.9. The lowest BCUT2D eigenvalue weighted by Gasteiger charge is -2.29. The van der Waals surface area contributed by atoms with Gasteiger partial charge in [-0.3, -0.25) is 24.7 Å². The van der Waals surface area contributed by atoms with Gasteiger partial charge in [-0.2, -0.15) is 5.10 Å². The fourth-order valence-electron chi connectivity index (χ4n) is 5.92. The first-order chi connectivity index (χ1) is 18.9. The number of carbonyl (C=O) groups excluding carboxylic acids is 1. The highest BCUT2D eigenvalue weighted by Gasteiger charge is 2.20. The van der Waals surface area contributed by atoms with Gasteiger partial charge < -0.3 is 9.67 Å². The van der Waals surface area contributed by atoms with Crippen LogP contribution in [-0.2, 0) is 26.6 Å². The summed E-state index contributed by atoms with van der Waals surface area (Å²) >= 11 is 0.